The van der Waals surface area contributed by atoms with Crippen LogP contribution in [0.5, 0.6) is 0 Å². The van der Waals surface area contributed by atoms with Crippen molar-refractivity contribution in [2.45, 2.75) is 10.8 Å². The third kappa shape index (κ3) is 3.84. The quantitative estimate of drug-likeness (QED) is 0.703. The Morgan fingerprint density at radius 3 is 2.03 bits per heavy atom. The second kappa shape index (κ2) is 7.76. The molecule has 0 saturated heterocycles. The molecular weight excluding hydrogens is 400 g/mol. The number of nitrogens with one attached hydrogen (secondary N) is 1. The Balaban J connectivity index is 1.81. The van der Waals surface area contributed by atoms with Crippen molar-refractivity contribution in [1.82, 2.24) is 0 Å². The number of carbonyl (C=O) groups is 2. The molecule has 7 heteroatoms. The molecule has 0 aliphatic carbocycles. The van der Waals surface area contributed by atoms with Crippen molar-refractivity contribution in [1.29, 1.82) is 0 Å². The Hall–Kier alpha value is -3.45. The highest BCUT2D eigenvalue weighted by Gasteiger charge is 2.33. The first-order chi connectivity index (χ1) is 14.3. The summed E-state index contributed by atoms with van der Waals surface area (Å²) in [5.74, 6) is -1.22. The van der Waals surface area contributed by atoms with Gasteiger partial charge in [-0.2, -0.15) is 0 Å². The van der Waals surface area contributed by atoms with Crippen LogP contribution in [0, 0.1) is 0 Å². The zero-order valence-electron chi connectivity index (χ0n) is 16.3. The van der Waals surface area contributed by atoms with E-state index in [9.17, 15) is 18.0 Å². The highest BCUT2D eigenvalue weighted by Crippen LogP contribution is 2.35. The van der Waals surface area contributed by atoms with Crippen LogP contribution in [-0.4, -0.2) is 33.0 Å². The summed E-state index contributed by atoms with van der Waals surface area (Å²) in [6, 6.07) is 23.2. The standard InChI is InChI=1S/C23H20N2O4S/c1-30(28,29)18-12-13-20-19(14-18)24-21(26)15-25(20)23(27)22(16-8-4-2-5-9-16)17-10-6-3-7-11-17/h2-14,22H,15H2,1H3,(H,24,26). The first-order valence-electron chi connectivity index (χ1n) is 9.40. The third-order valence-corrected chi connectivity index (χ3v) is 6.15. The lowest BCUT2D eigenvalue weighted by Gasteiger charge is -2.32. The molecule has 0 aromatic heterocycles. The summed E-state index contributed by atoms with van der Waals surface area (Å²) in [6.07, 6.45) is 1.10. The van der Waals surface area contributed by atoms with Gasteiger partial charge < -0.3 is 10.2 Å². The number of carbonyl (C=O) groups excluding carboxylic acids is 2. The first-order valence-corrected chi connectivity index (χ1v) is 11.3. The molecular formula is C23H20N2O4S. The van der Waals surface area contributed by atoms with Crippen molar-refractivity contribution < 1.29 is 18.0 Å². The number of sulfone groups is 1. The van der Waals surface area contributed by atoms with Gasteiger partial charge in [-0.1, -0.05) is 60.7 Å². The van der Waals surface area contributed by atoms with Gasteiger partial charge in [-0.3, -0.25) is 9.59 Å². The van der Waals surface area contributed by atoms with Gasteiger partial charge in [0.05, 0.1) is 22.2 Å². The second-order valence-electron chi connectivity index (χ2n) is 7.18. The molecule has 3 aromatic rings. The molecule has 0 spiro atoms. The molecule has 3 aromatic carbocycles. The van der Waals surface area contributed by atoms with Crippen LogP contribution in [0.1, 0.15) is 17.0 Å². The summed E-state index contributed by atoms with van der Waals surface area (Å²) < 4.78 is 23.8. The topological polar surface area (TPSA) is 83.6 Å². The van der Waals surface area contributed by atoms with E-state index in [4.69, 9.17) is 0 Å². The number of hydrogen-bond acceptors (Lipinski definition) is 4. The SMILES string of the molecule is CS(=O)(=O)c1ccc2c(c1)NC(=O)CN2C(=O)C(c1ccccc1)c1ccccc1. The van der Waals surface area contributed by atoms with Crippen LogP contribution in [0.25, 0.3) is 0 Å². The summed E-state index contributed by atoms with van der Waals surface area (Å²) in [6.45, 7) is -0.139. The van der Waals surface area contributed by atoms with E-state index < -0.39 is 15.8 Å². The average Bonchev–Trinajstić information content (AvgIpc) is 2.73. The number of amides is 2. The molecule has 30 heavy (non-hydrogen) atoms. The minimum atomic E-state index is -3.45. The maximum atomic E-state index is 13.7. The minimum absolute atomic E-state index is 0.0820. The highest BCUT2D eigenvalue weighted by atomic mass is 32.2. The normalized spacial score (nSPS) is 13.7. The molecule has 1 aliphatic rings. The number of benzene rings is 3. The van der Waals surface area contributed by atoms with E-state index in [0.717, 1.165) is 17.4 Å². The molecule has 0 bridgehead atoms. The summed E-state index contributed by atoms with van der Waals surface area (Å²) in [5.41, 5.74) is 2.41. The Bertz CT molecular complexity index is 1170. The van der Waals surface area contributed by atoms with Gasteiger partial charge in [-0.25, -0.2) is 8.42 Å². The first kappa shape index (κ1) is 19.8. The maximum absolute atomic E-state index is 13.7. The van der Waals surface area contributed by atoms with Crippen LogP contribution in [0.2, 0.25) is 0 Å². The fraction of sp³-hybridized carbons (Fsp3) is 0.130. The lowest BCUT2D eigenvalue weighted by Crippen LogP contribution is -2.44. The van der Waals surface area contributed by atoms with Crippen LogP contribution in [-0.2, 0) is 19.4 Å². The molecule has 0 atom stereocenters. The van der Waals surface area contributed by atoms with E-state index in [1.54, 1.807) is 6.07 Å². The van der Waals surface area contributed by atoms with Gasteiger partial charge in [0.25, 0.3) is 0 Å². The largest absolute Gasteiger partial charge is 0.323 e. The van der Waals surface area contributed by atoms with Crippen LogP contribution in [0.15, 0.2) is 83.8 Å². The molecule has 1 aliphatic heterocycles. The highest BCUT2D eigenvalue weighted by molar-refractivity contribution is 7.90. The van der Waals surface area contributed by atoms with E-state index in [0.29, 0.717) is 11.4 Å². The van der Waals surface area contributed by atoms with Gasteiger partial charge in [0.15, 0.2) is 9.84 Å². The number of rotatable bonds is 4. The zero-order chi connectivity index (χ0) is 21.3. The minimum Gasteiger partial charge on any atom is -0.323 e. The Kier molecular flexibility index (Phi) is 5.13. The molecule has 6 nitrogen and oxygen atoms in total. The zero-order valence-corrected chi connectivity index (χ0v) is 17.1. The fourth-order valence-electron chi connectivity index (χ4n) is 3.62. The van der Waals surface area contributed by atoms with Gasteiger partial charge in [-0.15, -0.1) is 0 Å². The summed E-state index contributed by atoms with van der Waals surface area (Å²) in [5, 5.41) is 2.68. The van der Waals surface area contributed by atoms with Gasteiger partial charge in [0, 0.05) is 6.26 Å². The van der Waals surface area contributed by atoms with Crippen molar-refractivity contribution in [2.24, 2.45) is 0 Å². The van der Waals surface area contributed by atoms with Gasteiger partial charge in [0.2, 0.25) is 11.8 Å². The molecule has 0 fully saturated rings. The molecule has 0 saturated carbocycles. The van der Waals surface area contributed by atoms with Crippen LogP contribution in [0.3, 0.4) is 0 Å². The van der Waals surface area contributed by atoms with E-state index >= 15 is 0 Å². The van der Waals surface area contributed by atoms with Crippen molar-refractivity contribution >= 4 is 33.0 Å². The molecule has 1 heterocycles. The molecule has 0 unspecified atom stereocenters. The fourth-order valence-corrected chi connectivity index (χ4v) is 4.27. The number of hydrogen-bond donors (Lipinski definition) is 1. The lowest BCUT2D eigenvalue weighted by molar-refractivity contribution is -0.122. The van der Waals surface area contributed by atoms with E-state index in [1.807, 2.05) is 60.7 Å². The van der Waals surface area contributed by atoms with Crippen LogP contribution < -0.4 is 10.2 Å². The molecule has 2 amide bonds. The Morgan fingerprint density at radius 1 is 0.933 bits per heavy atom. The Morgan fingerprint density at radius 2 is 1.50 bits per heavy atom. The van der Waals surface area contributed by atoms with Crippen molar-refractivity contribution in [3.63, 3.8) is 0 Å². The monoisotopic (exact) mass is 420 g/mol. The van der Waals surface area contributed by atoms with E-state index in [1.165, 1.54) is 17.0 Å². The number of anilines is 2. The van der Waals surface area contributed by atoms with Crippen LogP contribution >= 0.6 is 0 Å². The third-order valence-electron chi connectivity index (χ3n) is 5.04. The molecule has 0 radical (unpaired) electrons. The Labute approximate surface area is 175 Å². The number of nitrogens with zero attached hydrogens (tertiary/aromatic N) is 1. The molecule has 152 valence electrons. The summed E-state index contributed by atoms with van der Waals surface area (Å²) in [7, 11) is -3.45. The van der Waals surface area contributed by atoms with Gasteiger partial charge in [-0.05, 0) is 29.3 Å². The van der Waals surface area contributed by atoms with Crippen molar-refractivity contribution in [3.05, 3.63) is 90.0 Å². The van der Waals surface area contributed by atoms with Crippen molar-refractivity contribution in [3.8, 4) is 0 Å². The summed E-state index contributed by atoms with van der Waals surface area (Å²) in [4.78, 5) is 27.6. The second-order valence-corrected chi connectivity index (χ2v) is 9.19. The summed E-state index contributed by atoms with van der Waals surface area (Å²) >= 11 is 0. The van der Waals surface area contributed by atoms with Crippen LogP contribution in [0.4, 0.5) is 11.4 Å². The van der Waals surface area contributed by atoms with Gasteiger partial charge >= 0.3 is 0 Å². The lowest BCUT2D eigenvalue weighted by atomic mass is 9.89. The van der Waals surface area contributed by atoms with Gasteiger partial charge in [0.1, 0.15) is 6.54 Å². The molecule has 1 N–H and O–H groups in total. The number of fused-ring (bicyclic) bond motifs is 1. The maximum Gasteiger partial charge on any atom is 0.244 e. The van der Waals surface area contributed by atoms with E-state index in [-0.39, 0.29) is 23.3 Å². The predicted molar refractivity (Wildman–Crippen MR) is 115 cm³/mol. The average molecular weight is 420 g/mol. The van der Waals surface area contributed by atoms with E-state index in [2.05, 4.69) is 5.32 Å². The molecule has 4 rings (SSSR count). The predicted octanol–water partition coefficient (Wildman–Crippen LogP) is 3.21. The van der Waals surface area contributed by atoms with Crippen molar-refractivity contribution in [2.75, 3.05) is 23.0 Å². The smallest absolute Gasteiger partial charge is 0.244 e.